The Kier molecular flexibility index (Phi) is 1.76. The zero-order chi connectivity index (χ0) is 10.4. The Morgan fingerprint density at radius 3 is 2.80 bits per heavy atom. The number of fused-ring (bicyclic) bond motifs is 3. The van der Waals surface area contributed by atoms with Gasteiger partial charge in [0, 0.05) is 20.8 Å². The number of hydrogen-bond donors (Lipinski definition) is 2. The predicted octanol–water partition coefficient (Wildman–Crippen LogP) is 3.67. The predicted molar refractivity (Wildman–Crippen MR) is 67.9 cm³/mol. The standard InChI is InChI=1S/C12H9BrN2/c13-7-4-5-11-9(6-7)8-2-1-3-10(14)12(8)15-11/h1-6,15H,14H2. The third kappa shape index (κ3) is 1.23. The van der Waals surface area contributed by atoms with E-state index in [0.717, 1.165) is 21.2 Å². The van der Waals surface area contributed by atoms with Crippen LogP contribution in [0.25, 0.3) is 21.8 Å². The van der Waals surface area contributed by atoms with Gasteiger partial charge in [0.05, 0.1) is 11.2 Å². The molecule has 74 valence electrons. The molecule has 3 heteroatoms. The molecule has 0 saturated carbocycles. The van der Waals surface area contributed by atoms with Gasteiger partial charge in [0.1, 0.15) is 0 Å². The molecule has 0 amide bonds. The zero-order valence-electron chi connectivity index (χ0n) is 7.92. The number of para-hydroxylation sites is 1. The molecule has 3 N–H and O–H groups in total. The number of aromatic amines is 1. The maximum Gasteiger partial charge on any atom is 0.0698 e. The van der Waals surface area contributed by atoms with Crippen molar-refractivity contribution in [3.8, 4) is 0 Å². The van der Waals surface area contributed by atoms with Crippen LogP contribution in [0.3, 0.4) is 0 Å². The molecule has 0 atom stereocenters. The van der Waals surface area contributed by atoms with Crippen LogP contribution in [-0.4, -0.2) is 4.98 Å². The van der Waals surface area contributed by atoms with Gasteiger partial charge in [-0.25, -0.2) is 0 Å². The van der Waals surface area contributed by atoms with Crippen LogP contribution in [0.4, 0.5) is 5.69 Å². The second-order valence-corrected chi connectivity index (χ2v) is 4.50. The van der Waals surface area contributed by atoms with Crippen LogP contribution in [0.1, 0.15) is 0 Å². The minimum Gasteiger partial charge on any atom is -0.397 e. The largest absolute Gasteiger partial charge is 0.397 e. The topological polar surface area (TPSA) is 41.8 Å². The van der Waals surface area contributed by atoms with Gasteiger partial charge >= 0.3 is 0 Å². The summed E-state index contributed by atoms with van der Waals surface area (Å²) in [6.45, 7) is 0. The molecule has 0 aliphatic rings. The molecule has 3 aromatic rings. The summed E-state index contributed by atoms with van der Waals surface area (Å²) >= 11 is 3.48. The normalized spacial score (nSPS) is 11.3. The van der Waals surface area contributed by atoms with Crippen molar-refractivity contribution in [1.82, 2.24) is 4.98 Å². The van der Waals surface area contributed by atoms with E-state index in [1.807, 2.05) is 18.2 Å². The monoisotopic (exact) mass is 260 g/mol. The molecule has 1 aromatic heterocycles. The summed E-state index contributed by atoms with van der Waals surface area (Å²) in [6.07, 6.45) is 0. The van der Waals surface area contributed by atoms with Crippen molar-refractivity contribution < 1.29 is 0 Å². The van der Waals surface area contributed by atoms with E-state index < -0.39 is 0 Å². The fraction of sp³-hybridized carbons (Fsp3) is 0. The third-order valence-corrected chi connectivity index (χ3v) is 3.12. The number of anilines is 1. The minimum absolute atomic E-state index is 0.792. The Labute approximate surface area is 95.2 Å². The van der Waals surface area contributed by atoms with Gasteiger partial charge in [-0.3, -0.25) is 0 Å². The highest BCUT2D eigenvalue weighted by atomic mass is 79.9. The molecule has 0 radical (unpaired) electrons. The lowest BCUT2D eigenvalue weighted by molar-refractivity contribution is 1.54. The summed E-state index contributed by atoms with van der Waals surface area (Å²) in [4.78, 5) is 3.33. The van der Waals surface area contributed by atoms with Gasteiger partial charge in [-0.2, -0.15) is 0 Å². The molecule has 3 rings (SSSR count). The number of halogens is 1. The lowest BCUT2D eigenvalue weighted by Gasteiger charge is -1.94. The van der Waals surface area contributed by atoms with Crippen LogP contribution in [0, 0.1) is 0 Å². The molecule has 0 aliphatic carbocycles. The summed E-state index contributed by atoms with van der Waals surface area (Å²) in [5.74, 6) is 0. The molecule has 0 unspecified atom stereocenters. The first kappa shape index (κ1) is 8.80. The first-order valence-corrected chi connectivity index (χ1v) is 5.50. The molecule has 0 fully saturated rings. The number of nitrogens with two attached hydrogens (primary N) is 1. The van der Waals surface area contributed by atoms with Crippen LogP contribution in [0.2, 0.25) is 0 Å². The number of H-pyrrole nitrogens is 1. The van der Waals surface area contributed by atoms with Crippen molar-refractivity contribution in [3.05, 3.63) is 40.9 Å². The number of nitrogens with one attached hydrogen (secondary N) is 1. The number of rotatable bonds is 0. The molecule has 2 aromatic carbocycles. The Balaban J connectivity index is 2.58. The quantitative estimate of drug-likeness (QED) is 0.596. The van der Waals surface area contributed by atoms with E-state index in [1.165, 1.54) is 10.8 Å². The number of benzene rings is 2. The van der Waals surface area contributed by atoms with Crippen molar-refractivity contribution in [3.63, 3.8) is 0 Å². The highest BCUT2D eigenvalue weighted by molar-refractivity contribution is 9.10. The minimum atomic E-state index is 0.792. The highest BCUT2D eigenvalue weighted by Crippen LogP contribution is 2.30. The van der Waals surface area contributed by atoms with E-state index in [0.29, 0.717) is 0 Å². The number of hydrogen-bond acceptors (Lipinski definition) is 1. The summed E-state index contributed by atoms with van der Waals surface area (Å²) in [6, 6.07) is 12.1. The number of nitrogen functional groups attached to an aromatic ring is 1. The van der Waals surface area contributed by atoms with Gasteiger partial charge in [-0.1, -0.05) is 28.1 Å². The summed E-state index contributed by atoms with van der Waals surface area (Å²) < 4.78 is 1.08. The Bertz CT molecular complexity index is 655. The van der Waals surface area contributed by atoms with E-state index in [-0.39, 0.29) is 0 Å². The Hall–Kier alpha value is -1.48. The molecule has 15 heavy (non-hydrogen) atoms. The van der Waals surface area contributed by atoms with Crippen molar-refractivity contribution in [2.75, 3.05) is 5.73 Å². The van der Waals surface area contributed by atoms with Gasteiger partial charge in [-0.05, 0) is 24.3 Å². The van der Waals surface area contributed by atoms with Crippen LogP contribution in [0.15, 0.2) is 40.9 Å². The van der Waals surface area contributed by atoms with Gasteiger partial charge in [-0.15, -0.1) is 0 Å². The number of aromatic nitrogens is 1. The molecular weight excluding hydrogens is 252 g/mol. The molecular formula is C12H9BrN2. The van der Waals surface area contributed by atoms with Gasteiger partial charge in [0.15, 0.2) is 0 Å². The third-order valence-electron chi connectivity index (χ3n) is 2.63. The van der Waals surface area contributed by atoms with Gasteiger partial charge in [0.25, 0.3) is 0 Å². The van der Waals surface area contributed by atoms with Crippen LogP contribution < -0.4 is 5.73 Å². The van der Waals surface area contributed by atoms with Crippen molar-refractivity contribution in [1.29, 1.82) is 0 Å². The molecule has 0 spiro atoms. The van der Waals surface area contributed by atoms with Crippen LogP contribution >= 0.6 is 15.9 Å². The van der Waals surface area contributed by atoms with Gasteiger partial charge in [0.2, 0.25) is 0 Å². The molecule has 1 heterocycles. The second-order valence-electron chi connectivity index (χ2n) is 3.58. The zero-order valence-corrected chi connectivity index (χ0v) is 9.51. The molecule has 0 aliphatic heterocycles. The maximum absolute atomic E-state index is 5.92. The van der Waals surface area contributed by atoms with Crippen molar-refractivity contribution in [2.24, 2.45) is 0 Å². The Morgan fingerprint density at radius 1 is 1.07 bits per heavy atom. The van der Waals surface area contributed by atoms with E-state index in [9.17, 15) is 0 Å². The van der Waals surface area contributed by atoms with E-state index in [2.05, 4.69) is 39.1 Å². The first-order valence-electron chi connectivity index (χ1n) is 4.71. The molecule has 2 nitrogen and oxygen atoms in total. The molecule has 0 bridgehead atoms. The van der Waals surface area contributed by atoms with E-state index in [1.54, 1.807) is 0 Å². The first-order chi connectivity index (χ1) is 7.25. The van der Waals surface area contributed by atoms with Crippen molar-refractivity contribution in [2.45, 2.75) is 0 Å². The SMILES string of the molecule is Nc1cccc2c1[nH]c1ccc(Br)cc12. The van der Waals surface area contributed by atoms with Crippen LogP contribution in [-0.2, 0) is 0 Å². The van der Waals surface area contributed by atoms with Crippen LogP contribution in [0.5, 0.6) is 0 Å². The maximum atomic E-state index is 5.92. The average Bonchev–Trinajstić information content (AvgIpc) is 2.58. The highest BCUT2D eigenvalue weighted by Gasteiger charge is 2.05. The summed E-state index contributed by atoms with van der Waals surface area (Å²) in [5, 5.41) is 2.37. The Morgan fingerprint density at radius 2 is 1.93 bits per heavy atom. The molecule has 0 saturated heterocycles. The summed E-state index contributed by atoms with van der Waals surface area (Å²) in [7, 11) is 0. The van der Waals surface area contributed by atoms with E-state index >= 15 is 0 Å². The van der Waals surface area contributed by atoms with E-state index in [4.69, 9.17) is 5.73 Å². The van der Waals surface area contributed by atoms with Crippen molar-refractivity contribution >= 4 is 43.4 Å². The fourth-order valence-electron chi connectivity index (χ4n) is 1.92. The summed E-state index contributed by atoms with van der Waals surface area (Å²) in [5.41, 5.74) is 8.84. The van der Waals surface area contributed by atoms with Gasteiger partial charge < -0.3 is 10.7 Å². The second kappa shape index (κ2) is 3.00. The smallest absolute Gasteiger partial charge is 0.0698 e. The average molecular weight is 261 g/mol. The lowest BCUT2D eigenvalue weighted by Crippen LogP contribution is -1.84. The fourth-order valence-corrected chi connectivity index (χ4v) is 2.28. The lowest BCUT2D eigenvalue weighted by atomic mass is 10.1.